The lowest BCUT2D eigenvalue weighted by Crippen LogP contribution is -2.27. The minimum atomic E-state index is 0.729. The molecule has 0 spiro atoms. The van der Waals surface area contributed by atoms with Crippen molar-refractivity contribution in [3.63, 3.8) is 0 Å². The Morgan fingerprint density at radius 1 is 1.17 bits per heavy atom. The Labute approximate surface area is 109 Å². The van der Waals surface area contributed by atoms with E-state index in [2.05, 4.69) is 15.2 Å². The zero-order valence-electron chi connectivity index (χ0n) is 11.0. The van der Waals surface area contributed by atoms with Gasteiger partial charge in [-0.05, 0) is 25.7 Å². The predicted octanol–water partition coefficient (Wildman–Crippen LogP) is 2.70. The number of nitrogens with one attached hydrogen (secondary N) is 1. The minimum Gasteiger partial charge on any atom is -0.432 e. The van der Waals surface area contributed by atoms with E-state index in [9.17, 15) is 0 Å². The standard InChI is InChI=1S/C14H23N3O/c1-2-4-8-17(9-5-3-1)14-16-13(11-18-14)10-15-12-6-7-12/h11-12,15H,1-10H2. The zero-order valence-corrected chi connectivity index (χ0v) is 11.0. The summed E-state index contributed by atoms with van der Waals surface area (Å²) in [7, 11) is 0. The van der Waals surface area contributed by atoms with Gasteiger partial charge in [0.15, 0.2) is 0 Å². The molecule has 0 aromatic carbocycles. The molecule has 1 aliphatic heterocycles. The molecule has 0 unspecified atom stereocenters. The minimum absolute atomic E-state index is 0.729. The fraction of sp³-hybridized carbons (Fsp3) is 0.786. The highest BCUT2D eigenvalue weighted by atomic mass is 16.4. The van der Waals surface area contributed by atoms with Crippen LogP contribution in [-0.4, -0.2) is 24.1 Å². The van der Waals surface area contributed by atoms with Gasteiger partial charge in [-0.1, -0.05) is 19.3 Å². The van der Waals surface area contributed by atoms with Crippen LogP contribution in [0, 0.1) is 0 Å². The molecule has 0 amide bonds. The fourth-order valence-corrected chi connectivity index (χ4v) is 2.50. The monoisotopic (exact) mass is 249 g/mol. The van der Waals surface area contributed by atoms with Gasteiger partial charge in [-0.2, -0.15) is 4.98 Å². The van der Waals surface area contributed by atoms with Crippen LogP contribution in [0.15, 0.2) is 10.7 Å². The number of anilines is 1. The summed E-state index contributed by atoms with van der Waals surface area (Å²) >= 11 is 0. The van der Waals surface area contributed by atoms with Crippen LogP contribution < -0.4 is 10.2 Å². The Morgan fingerprint density at radius 2 is 1.89 bits per heavy atom. The lowest BCUT2D eigenvalue weighted by Gasteiger charge is -2.22. The molecule has 1 saturated heterocycles. The Balaban J connectivity index is 1.55. The van der Waals surface area contributed by atoms with Gasteiger partial charge in [0.1, 0.15) is 6.26 Å². The van der Waals surface area contributed by atoms with E-state index >= 15 is 0 Å². The molecule has 2 heterocycles. The molecule has 2 fully saturated rings. The van der Waals surface area contributed by atoms with Crippen molar-refractivity contribution in [3.8, 4) is 0 Å². The summed E-state index contributed by atoms with van der Waals surface area (Å²) in [4.78, 5) is 6.91. The molecule has 2 aliphatic rings. The molecule has 18 heavy (non-hydrogen) atoms. The Morgan fingerprint density at radius 3 is 2.61 bits per heavy atom. The summed E-state index contributed by atoms with van der Waals surface area (Å²) in [6.07, 6.45) is 11.0. The van der Waals surface area contributed by atoms with E-state index in [1.165, 1.54) is 44.9 Å². The number of oxazole rings is 1. The van der Waals surface area contributed by atoms with Gasteiger partial charge in [0.2, 0.25) is 0 Å². The van der Waals surface area contributed by atoms with Gasteiger partial charge in [-0.15, -0.1) is 0 Å². The first-order chi connectivity index (χ1) is 8.92. The summed E-state index contributed by atoms with van der Waals surface area (Å²) in [5.74, 6) is 0. The highest BCUT2D eigenvalue weighted by molar-refractivity contribution is 5.26. The van der Waals surface area contributed by atoms with Gasteiger partial charge in [0.25, 0.3) is 6.01 Å². The normalized spacial score (nSPS) is 21.7. The molecule has 1 N–H and O–H groups in total. The van der Waals surface area contributed by atoms with Crippen LogP contribution in [0.1, 0.15) is 50.6 Å². The average Bonchev–Trinajstić information content (AvgIpc) is 3.05. The molecule has 100 valence electrons. The second kappa shape index (κ2) is 5.74. The second-order valence-electron chi connectivity index (χ2n) is 5.53. The predicted molar refractivity (Wildman–Crippen MR) is 71.7 cm³/mol. The van der Waals surface area contributed by atoms with Gasteiger partial charge in [0, 0.05) is 25.7 Å². The summed E-state index contributed by atoms with van der Waals surface area (Å²) in [6, 6.07) is 1.55. The van der Waals surface area contributed by atoms with E-state index in [0.29, 0.717) is 0 Å². The van der Waals surface area contributed by atoms with E-state index in [-0.39, 0.29) is 0 Å². The summed E-state index contributed by atoms with van der Waals surface area (Å²) in [5.41, 5.74) is 1.04. The first-order valence-corrected chi connectivity index (χ1v) is 7.34. The van der Waals surface area contributed by atoms with Gasteiger partial charge >= 0.3 is 0 Å². The molecule has 1 saturated carbocycles. The molecule has 0 atom stereocenters. The van der Waals surface area contributed by atoms with Crippen molar-refractivity contribution in [2.24, 2.45) is 0 Å². The Bertz CT molecular complexity index is 365. The first-order valence-electron chi connectivity index (χ1n) is 7.34. The Hall–Kier alpha value is -1.03. The molecule has 1 aliphatic carbocycles. The smallest absolute Gasteiger partial charge is 0.297 e. The van der Waals surface area contributed by atoms with Crippen molar-refractivity contribution in [2.75, 3.05) is 18.0 Å². The second-order valence-corrected chi connectivity index (χ2v) is 5.53. The van der Waals surface area contributed by atoms with E-state index in [4.69, 9.17) is 4.42 Å². The van der Waals surface area contributed by atoms with Crippen molar-refractivity contribution in [1.29, 1.82) is 0 Å². The third-order valence-electron chi connectivity index (χ3n) is 3.82. The van der Waals surface area contributed by atoms with Crippen molar-refractivity contribution in [2.45, 2.75) is 57.5 Å². The third kappa shape index (κ3) is 3.25. The van der Waals surface area contributed by atoms with Crippen LogP contribution in [0.4, 0.5) is 6.01 Å². The Kier molecular flexibility index (Phi) is 3.84. The molecule has 4 heteroatoms. The van der Waals surface area contributed by atoms with E-state index in [1.807, 2.05) is 6.26 Å². The topological polar surface area (TPSA) is 41.3 Å². The maximum atomic E-state index is 5.63. The van der Waals surface area contributed by atoms with Crippen LogP contribution in [0.5, 0.6) is 0 Å². The zero-order chi connectivity index (χ0) is 12.2. The summed E-state index contributed by atoms with van der Waals surface area (Å²) < 4.78 is 5.63. The first kappa shape index (κ1) is 12.0. The number of hydrogen-bond acceptors (Lipinski definition) is 4. The quantitative estimate of drug-likeness (QED) is 0.890. The maximum absolute atomic E-state index is 5.63. The number of hydrogen-bond donors (Lipinski definition) is 1. The van der Waals surface area contributed by atoms with Crippen molar-refractivity contribution in [3.05, 3.63) is 12.0 Å². The van der Waals surface area contributed by atoms with Gasteiger partial charge < -0.3 is 14.6 Å². The highest BCUT2D eigenvalue weighted by Crippen LogP contribution is 2.21. The molecule has 0 radical (unpaired) electrons. The van der Waals surface area contributed by atoms with Crippen molar-refractivity contribution >= 4 is 6.01 Å². The molecule has 0 bridgehead atoms. The molecule has 1 aromatic rings. The largest absolute Gasteiger partial charge is 0.432 e. The number of nitrogens with zero attached hydrogens (tertiary/aromatic N) is 2. The molecular formula is C14H23N3O. The van der Waals surface area contributed by atoms with Crippen LogP contribution in [0.2, 0.25) is 0 Å². The number of aromatic nitrogens is 1. The summed E-state index contributed by atoms with van der Waals surface area (Å²) in [6.45, 7) is 3.04. The van der Waals surface area contributed by atoms with Crippen LogP contribution in [0.25, 0.3) is 0 Å². The van der Waals surface area contributed by atoms with E-state index in [1.54, 1.807) is 0 Å². The molecule has 1 aromatic heterocycles. The molecule has 3 rings (SSSR count). The maximum Gasteiger partial charge on any atom is 0.297 e. The fourth-order valence-electron chi connectivity index (χ4n) is 2.50. The van der Waals surface area contributed by atoms with Crippen molar-refractivity contribution in [1.82, 2.24) is 10.3 Å². The van der Waals surface area contributed by atoms with Gasteiger partial charge in [-0.25, -0.2) is 0 Å². The van der Waals surface area contributed by atoms with Crippen LogP contribution >= 0.6 is 0 Å². The highest BCUT2D eigenvalue weighted by Gasteiger charge is 2.21. The lowest BCUT2D eigenvalue weighted by atomic mass is 10.1. The van der Waals surface area contributed by atoms with Crippen molar-refractivity contribution < 1.29 is 4.42 Å². The lowest BCUT2D eigenvalue weighted by molar-refractivity contribution is 0.493. The number of rotatable bonds is 4. The van der Waals surface area contributed by atoms with E-state index < -0.39 is 0 Å². The van der Waals surface area contributed by atoms with Crippen LogP contribution in [-0.2, 0) is 6.54 Å². The third-order valence-corrected chi connectivity index (χ3v) is 3.82. The van der Waals surface area contributed by atoms with Gasteiger partial charge in [0.05, 0.1) is 5.69 Å². The molecular weight excluding hydrogens is 226 g/mol. The average molecular weight is 249 g/mol. The molecule has 4 nitrogen and oxygen atoms in total. The summed E-state index contributed by atoms with van der Waals surface area (Å²) in [5, 5.41) is 3.47. The van der Waals surface area contributed by atoms with E-state index in [0.717, 1.165) is 37.4 Å². The van der Waals surface area contributed by atoms with Crippen LogP contribution in [0.3, 0.4) is 0 Å². The SMILES string of the molecule is c1oc(N2CCCCCCC2)nc1CNC1CC1. The van der Waals surface area contributed by atoms with Gasteiger partial charge in [-0.3, -0.25) is 0 Å².